The van der Waals surface area contributed by atoms with E-state index in [-0.39, 0.29) is 5.91 Å². The number of nitrogens with one attached hydrogen (secondary N) is 1. The molecule has 24 heavy (non-hydrogen) atoms. The number of rotatable bonds is 7. The highest BCUT2D eigenvalue weighted by Crippen LogP contribution is 2.29. The highest BCUT2D eigenvalue weighted by Gasteiger charge is 2.29. The minimum absolute atomic E-state index is 0.177. The number of ether oxygens (including phenoxy) is 1. The van der Waals surface area contributed by atoms with Crippen molar-refractivity contribution < 1.29 is 22.7 Å². The quantitative estimate of drug-likeness (QED) is 0.769. The molecule has 1 heterocycles. The molecule has 2 rings (SSSR count). The Hall–Kier alpha value is -2.00. The molecule has 1 aromatic heterocycles. The zero-order chi connectivity index (χ0) is 17.6. The number of benzene rings is 1. The molecule has 1 N–H and O–H groups in total. The van der Waals surface area contributed by atoms with Gasteiger partial charge in [-0.05, 0) is 24.1 Å². The molecule has 1 amide bonds. The van der Waals surface area contributed by atoms with E-state index in [9.17, 15) is 18.0 Å². The van der Waals surface area contributed by atoms with Gasteiger partial charge in [-0.25, -0.2) is 0 Å². The second-order valence-corrected chi connectivity index (χ2v) is 6.08. The van der Waals surface area contributed by atoms with Crippen LogP contribution in [0.2, 0.25) is 0 Å². The molecule has 0 aliphatic carbocycles. The third-order valence-corrected chi connectivity index (χ3v) is 3.94. The van der Waals surface area contributed by atoms with Crippen molar-refractivity contribution in [3.63, 3.8) is 0 Å². The Morgan fingerprint density at radius 1 is 1.25 bits per heavy atom. The summed E-state index contributed by atoms with van der Waals surface area (Å²) < 4.78 is 42.4. The number of hydrogen-bond donors (Lipinski definition) is 1. The largest absolute Gasteiger partial charge is 0.416 e. The number of amides is 1. The zero-order valence-electron chi connectivity index (χ0n) is 12.9. The van der Waals surface area contributed by atoms with Crippen molar-refractivity contribution >= 4 is 22.4 Å². The van der Waals surface area contributed by atoms with E-state index in [1.54, 1.807) is 7.11 Å². The highest BCUT2D eigenvalue weighted by molar-refractivity contribution is 7.15. The van der Waals surface area contributed by atoms with E-state index in [0.717, 1.165) is 12.1 Å². The van der Waals surface area contributed by atoms with Crippen LogP contribution in [0.15, 0.2) is 24.3 Å². The van der Waals surface area contributed by atoms with E-state index in [1.807, 2.05) is 0 Å². The summed E-state index contributed by atoms with van der Waals surface area (Å²) >= 11 is 1.20. The SMILES string of the molecule is COCCCC(=O)Nc1nnc(Cc2ccc(C(F)(F)F)cc2)s1. The van der Waals surface area contributed by atoms with Crippen LogP contribution in [0.4, 0.5) is 18.3 Å². The van der Waals surface area contributed by atoms with Gasteiger partial charge in [-0.2, -0.15) is 13.2 Å². The van der Waals surface area contributed by atoms with Gasteiger partial charge in [0, 0.05) is 26.6 Å². The first-order valence-electron chi connectivity index (χ1n) is 7.16. The van der Waals surface area contributed by atoms with Crippen molar-refractivity contribution in [2.75, 3.05) is 19.0 Å². The normalized spacial score (nSPS) is 11.5. The first kappa shape index (κ1) is 18.3. The first-order chi connectivity index (χ1) is 11.4. The molecule has 0 saturated carbocycles. The number of halogens is 3. The molecular formula is C15H16F3N3O2S. The summed E-state index contributed by atoms with van der Waals surface area (Å²) in [7, 11) is 1.57. The van der Waals surface area contributed by atoms with Gasteiger partial charge in [-0.3, -0.25) is 4.79 Å². The fourth-order valence-electron chi connectivity index (χ4n) is 1.92. The lowest BCUT2D eigenvalue weighted by Crippen LogP contribution is -2.11. The Kier molecular flexibility index (Phi) is 6.27. The lowest BCUT2D eigenvalue weighted by molar-refractivity contribution is -0.137. The molecule has 0 fully saturated rings. The van der Waals surface area contributed by atoms with Crippen molar-refractivity contribution in [3.8, 4) is 0 Å². The summed E-state index contributed by atoms with van der Waals surface area (Å²) in [6.07, 6.45) is -3.06. The van der Waals surface area contributed by atoms with Gasteiger partial charge in [-0.15, -0.1) is 10.2 Å². The number of carbonyl (C=O) groups is 1. The third-order valence-electron chi connectivity index (χ3n) is 3.10. The number of aromatic nitrogens is 2. The van der Waals surface area contributed by atoms with Gasteiger partial charge in [-0.1, -0.05) is 23.5 Å². The van der Waals surface area contributed by atoms with Gasteiger partial charge in [0.25, 0.3) is 0 Å². The average molecular weight is 359 g/mol. The van der Waals surface area contributed by atoms with Crippen molar-refractivity contribution in [3.05, 3.63) is 40.4 Å². The molecule has 0 bridgehead atoms. The zero-order valence-corrected chi connectivity index (χ0v) is 13.7. The Balaban J connectivity index is 1.90. The molecule has 130 valence electrons. The molecule has 0 radical (unpaired) electrons. The molecule has 0 aliphatic heterocycles. The van der Waals surface area contributed by atoms with E-state index in [1.165, 1.54) is 23.5 Å². The standard InChI is InChI=1S/C15H16F3N3O2S/c1-23-8-2-3-12(22)19-14-21-20-13(24-14)9-10-4-6-11(7-5-10)15(16,17)18/h4-7H,2-3,8-9H2,1H3,(H,19,21,22). The molecule has 0 unspecified atom stereocenters. The summed E-state index contributed by atoms with van der Waals surface area (Å²) in [5.41, 5.74) is 0.00430. The fourth-order valence-corrected chi connectivity index (χ4v) is 2.71. The highest BCUT2D eigenvalue weighted by atomic mass is 32.1. The second kappa shape index (κ2) is 8.20. The number of hydrogen-bond acceptors (Lipinski definition) is 5. The van der Waals surface area contributed by atoms with E-state index in [0.29, 0.717) is 41.6 Å². The van der Waals surface area contributed by atoms with Crippen LogP contribution in [-0.2, 0) is 22.1 Å². The van der Waals surface area contributed by atoms with Crippen LogP contribution in [-0.4, -0.2) is 29.8 Å². The average Bonchev–Trinajstić information content (AvgIpc) is 2.94. The molecule has 0 saturated heterocycles. The molecule has 9 heteroatoms. The van der Waals surface area contributed by atoms with Crippen molar-refractivity contribution in [2.24, 2.45) is 0 Å². The summed E-state index contributed by atoms with van der Waals surface area (Å²) in [5, 5.41) is 11.4. The van der Waals surface area contributed by atoms with Crippen LogP contribution < -0.4 is 5.32 Å². The molecular weight excluding hydrogens is 343 g/mol. The third kappa shape index (κ3) is 5.57. The van der Waals surface area contributed by atoms with Crippen molar-refractivity contribution in [1.29, 1.82) is 0 Å². The number of nitrogens with zero attached hydrogens (tertiary/aromatic N) is 2. The Morgan fingerprint density at radius 3 is 2.58 bits per heavy atom. The van der Waals surface area contributed by atoms with E-state index in [2.05, 4.69) is 15.5 Å². The number of carbonyl (C=O) groups excluding carboxylic acids is 1. The van der Waals surface area contributed by atoms with Crippen LogP contribution in [0.3, 0.4) is 0 Å². The van der Waals surface area contributed by atoms with Gasteiger partial charge >= 0.3 is 6.18 Å². The molecule has 0 aliphatic rings. The molecule has 5 nitrogen and oxygen atoms in total. The van der Waals surface area contributed by atoms with Crippen LogP contribution in [0.5, 0.6) is 0 Å². The van der Waals surface area contributed by atoms with Crippen LogP contribution >= 0.6 is 11.3 Å². The maximum absolute atomic E-state index is 12.5. The smallest absolute Gasteiger partial charge is 0.385 e. The number of anilines is 1. The Bertz CT molecular complexity index is 671. The number of alkyl halides is 3. The monoisotopic (exact) mass is 359 g/mol. The molecule has 0 atom stereocenters. The van der Waals surface area contributed by atoms with Crippen LogP contribution in [0.25, 0.3) is 0 Å². The maximum atomic E-state index is 12.5. The predicted octanol–water partition coefficient (Wildman–Crippen LogP) is 3.51. The maximum Gasteiger partial charge on any atom is 0.416 e. The van der Waals surface area contributed by atoms with E-state index in [4.69, 9.17) is 4.74 Å². The minimum Gasteiger partial charge on any atom is -0.385 e. The fraction of sp³-hybridized carbons (Fsp3) is 0.400. The molecule has 0 spiro atoms. The van der Waals surface area contributed by atoms with Gasteiger partial charge in [0.15, 0.2) is 0 Å². The summed E-state index contributed by atoms with van der Waals surface area (Å²) in [4.78, 5) is 11.7. The van der Waals surface area contributed by atoms with Crippen LogP contribution in [0.1, 0.15) is 29.0 Å². The van der Waals surface area contributed by atoms with Gasteiger partial charge < -0.3 is 10.1 Å². The van der Waals surface area contributed by atoms with Crippen molar-refractivity contribution in [2.45, 2.75) is 25.4 Å². The molecule has 2 aromatic rings. The predicted molar refractivity (Wildman–Crippen MR) is 83.9 cm³/mol. The Morgan fingerprint density at radius 2 is 1.96 bits per heavy atom. The summed E-state index contributed by atoms with van der Waals surface area (Å²) in [5.74, 6) is -0.177. The van der Waals surface area contributed by atoms with Crippen molar-refractivity contribution in [1.82, 2.24) is 10.2 Å². The van der Waals surface area contributed by atoms with Gasteiger partial charge in [0.05, 0.1) is 5.56 Å². The van der Waals surface area contributed by atoms with Gasteiger partial charge in [0.2, 0.25) is 11.0 Å². The molecule has 1 aromatic carbocycles. The van der Waals surface area contributed by atoms with Crippen LogP contribution in [0, 0.1) is 0 Å². The lowest BCUT2D eigenvalue weighted by atomic mass is 10.1. The lowest BCUT2D eigenvalue weighted by Gasteiger charge is -2.06. The second-order valence-electron chi connectivity index (χ2n) is 5.02. The van der Waals surface area contributed by atoms with E-state index < -0.39 is 11.7 Å². The summed E-state index contributed by atoms with van der Waals surface area (Å²) in [6, 6.07) is 4.89. The minimum atomic E-state index is -4.35. The topological polar surface area (TPSA) is 64.1 Å². The summed E-state index contributed by atoms with van der Waals surface area (Å²) in [6.45, 7) is 0.503. The van der Waals surface area contributed by atoms with Gasteiger partial charge in [0.1, 0.15) is 5.01 Å². The van der Waals surface area contributed by atoms with E-state index >= 15 is 0 Å². The Labute approximate surface area is 140 Å². The number of methoxy groups -OCH3 is 1. The first-order valence-corrected chi connectivity index (χ1v) is 7.97.